The van der Waals surface area contributed by atoms with Gasteiger partial charge in [-0.05, 0) is 42.3 Å². The highest BCUT2D eigenvalue weighted by Gasteiger charge is 2.10. The number of benzene rings is 1. The van der Waals surface area contributed by atoms with Crippen LogP contribution in [0.5, 0.6) is 5.75 Å². The predicted octanol–water partition coefficient (Wildman–Crippen LogP) is 3.10. The zero-order valence-corrected chi connectivity index (χ0v) is 10.4. The number of rotatable bonds is 4. The molecule has 18 heavy (non-hydrogen) atoms. The van der Waals surface area contributed by atoms with E-state index >= 15 is 0 Å². The number of amides is 1. The van der Waals surface area contributed by atoms with Crippen molar-refractivity contribution in [1.82, 2.24) is 0 Å². The molecule has 0 unspecified atom stereocenters. The van der Waals surface area contributed by atoms with E-state index in [-0.39, 0.29) is 5.91 Å². The quantitative estimate of drug-likeness (QED) is 0.900. The summed E-state index contributed by atoms with van der Waals surface area (Å²) in [5.41, 5.74) is 1.78. The first-order valence-corrected chi connectivity index (χ1v) is 5.76. The normalized spacial score (nSPS) is 10.1. The average Bonchev–Trinajstić information content (AvgIpc) is 2.92. The summed E-state index contributed by atoms with van der Waals surface area (Å²) >= 11 is 0. The fourth-order valence-corrected chi connectivity index (χ4v) is 1.73. The minimum atomic E-state index is -0.257. The van der Waals surface area contributed by atoms with Crippen molar-refractivity contribution in [2.45, 2.75) is 13.3 Å². The van der Waals surface area contributed by atoms with Gasteiger partial charge >= 0.3 is 0 Å². The van der Waals surface area contributed by atoms with Gasteiger partial charge in [-0.1, -0.05) is 6.92 Å². The Hall–Kier alpha value is -2.23. The van der Waals surface area contributed by atoms with Crippen molar-refractivity contribution in [1.29, 1.82) is 0 Å². The Balaban J connectivity index is 2.17. The zero-order valence-electron chi connectivity index (χ0n) is 10.4. The second-order valence-corrected chi connectivity index (χ2v) is 3.81. The summed E-state index contributed by atoms with van der Waals surface area (Å²) in [6, 6.07) is 8.86. The van der Waals surface area contributed by atoms with Crippen LogP contribution in [0, 0.1) is 0 Å². The monoisotopic (exact) mass is 245 g/mol. The van der Waals surface area contributed by atoms with Gasteiger partial charge in [0.15, 0.2) is 5.76 Å². The van der Waals surface area contributed by atoms with Gasteiger partial charge in [-0.2, -0.15) is 0 Å². The van der Waals surface area contributed by atoms with Gasteiger partial charge in [0.2, 0.25) is 0 Å². The third kappa shape index (κ3) is 2.53. The molecule has 2 rings (SSSR count). The molecule has 0 aliphatic heterocycles. The summed E-state index contributed by atoms with van der Waals surface area (Å²) < 4.78 is 10.3. The molecule has 0 saturated carbocycles. The Morgan fingerprint density at radius 2 is 2.22 bits per heavy atom. The van der Waals surface area contributed by atoms with Crippen molar-refractivity contribution in [2.24, 2.45) is 0 Å². The summed E-state index contributed by atoms with van der Waals surface area (Å²) in [7, 11) is 1.63. The highest BCUT2D eigenvalue weighted by atomic mass is 16.5. The van der Waals surface area contributed by atoms with E-state index in [0.29, 0.717) is 5.76 Å². The summed E-state index contributed by atoms with van der Waals surface area (Å²) in [5, 5.41) is 2.78. The Morgan fingerprint density at radius 3 is 2.83 bits per heavy atom. The smallest absolute Gasteiger partial charge is 0.291 e. The third-order valence-corrected chi connectivity index (χ3v) is 2.66. The maximum atomic E-state index is 11.8. The van der Waals surface area contributed by atoms with Gasteiger partial charge < -0.3 is 14.5 Å². The fraction of sp³-hybridized carbons (Fsp3) is 0.214. The number of hydrogen-bond donors (Lipinski definition) is 1. The zero-order chi connectivity index (χ0) is 13.0. The molecule has 0 radical (unpaired) electrons. The summed E-state index contributed by atoms with van der Waals surface area (Å²) in [4.78, 5) is 11.8. The molecule has 94 valence electrons. The van der Waals surface area contributed by atoms with Crippen LogP contribution in [0.15, 0.2) is 41.0 Å². The van der Waals surface area contributed by atoms with Crippen molar-refractivity contribution in [3.63, 3.8) is 0 Å². The van der Waals surface area contributed by atoms with Crippen molar-refractivity contribution < 1.29 is 13.9 Å². The number of carbonyl (C=O) groups is 1. The molecule has 1 N–H and O–H groups in total. The van der Waals surface area contributed by atoms with E-state index < -0.39 is 0 Å². The Kier molecular flexibility index (Phi) is 3.67. The highest BCUT2D eigenvalue weighted by molar-refractivity contribution is 6.02. The lowest BCUT2D eigenvalue weighted by atomic mass is 10.1. The summed E-state index contributed by atoms with van der Waals surface area (Å²) in [5.74, 6) is 0.865. The fourth-order valence-electron chi connectivity index (χ4n) is 1.73. The second-order valence-electron chi connectivity index (χ2n) is 3.81. The van der Waals surface area contributed by atoms with E-state index in [1.165, 1.54) is 6.26 Å². The molecular formula is C14H15NO3. The van der Waals surface area contributed by atoms with Crippen molar-refractivity contribution in [3.8, 4) is 5.75 Å². The molecular weight excluding hydrogens is 230 g/mol. The SMILES string of the molecule is CCc1cc(NC(=O)c2ccco2)ccc1OC. The van der Waals surface area contributed by atoms with Gasteiger partial charge in [0.25, 0.3) is 5.91 Å². The van der Waals surface area contributed by atoms with E-state index in [4.69, 9.17) is 9.15 Å². The van der Waals surface area contributed by atoms with Crippen LogP contribution in [0.2, 0.25) is 0 Å². The van der Waals surface area contributed by atoms with Crippen molar-refractivity contribution in [2.75, 3.05) is 12.4 Å². The van der Waals surface area contributed by atoms with Crippen LogP contribution in [0.1, 0.15) is 23.0 Å². The molecule has 0 saturated heterocycles. The number of anilines is 1. The lowest BCUT2D eigenvalue weighted by Gasteiger charge is -2.09. The molecule has 0 atom stereocenters. The van der Waals surface area contributed by atoms with E-state index in [1.54, 1.807) is 25.3 Å². The minimum Gasteiger partial charge on any atom is -0.496 e. The molecule has 0 aliphatic rings. The maximum absolute atomic E-state index is 11.8. The van der Waals surface area contributed by atoms with E-state index in [2.05, 4.69) is 5.32 Å². The molecule has 2 aromatic rings. The average molecular weight is 245 g/mol. The molecule has 1 aromatic carbocycles. The first kappa shape index (κ1) is 12.2. The van der Waals surface area contributed by atoms with Gasteiger partial charge in [0, 0.05) is 5.69 Å². The van der Waals surface area contributed by atoms with Gasteiger partial charge in [0.05, 0.1) is 13.4 Å². The first-order chi connectivity index (χ1) is 8.74. The van der Waals surface area contributed by atoms with Crippen LogP contribution in [0.25, 0.3) is 0 Å². The first-order valence-electron chi connectivity index (χ1n) is 5.76. The molecule has 1 amide bonds. The van der Waals surface area contributed by atoms with Crippen molar-refractivity contribution in [3.05, 3.63) is 47.9 Å². The van der Waals surface area contributed by atoms with E-state index in [1.807, 2.05) is 19.1 Å². The number of ether oxygens (including phenoxy) is 1. The number of carbonyl (C=O) groups excluding carboxylic acids is 1. The summed E-state index contributed by atoms with van der Waals surface area (Å²) in [6.45, 7) is 2.04. The Morgan fingerprint density at radius 1 is 1.39 bits per heavy atom. The standard InChI is InChI=1S/C14H15NO3/c1-3-10-9-11(6-7-12(10)17-2)15-14(16)13-5-4-8-18-13/h4-9H,3H2,1-2H3,(H,15,16). The number of aryl methyl sites for hydroxylation is 1. The lowest BCUT2D eigenvalue weighted by Crippen LogP contribution is -2.11. The van der Waals surface area contributed by atoms with Crippen LogP contribution in [0.4, 0.5) is 5.69 Å². The number of hydrogen-bond acceptors (Lipinski definition) is 3. The van der Waals surface area contributed by atoms with Crippen LogP contribution in [-0.4, -0.2) is 13.0 Å². The van der Waals surface area contributed by atoms with Gasteiger partial charge in [-0.25, -0.2) is 0 Å². The molecule has 0 spiro atoms. The van der Waals surface area contributed by atoms with Crippen LogP contribution >= 0.6 is 0 Å². The summed E-state index contributed by atoms with van der Waals surface area (Å²) in [6.07, 6.45) is 2.31. The van der Waals surface area contributed by atoms with Crippen LogP contribution in [0.3, 0.4) is 0 Å². The molecule has 0 aliphatic carbocycles. The predicted molar refractivity (Wildman–Crippen MR) is 69.0 cm³/mol. The third-order valence-electron chi connectivity index (χ3n) is 2.66. The Bertz CT molecular complexity index is 532. The van der Waals surface area contributed by atoms with Crippen LogP contribution < -0.4 is 10.1 Å². The molecule has 1 heterocycles. The molecule has 4 nitrogen and oxygen atoms in total. The van der Waals surface area contributed by atoms with Gasteiger partial charge in [-0.3, -0.25) is 4.79 Å². The van der Waals surface area contributed by atoms with E-state index in [9.17, 15) is 4.79 Å². The molecule has 4 heteroatoms. The molecule has 0 bridgehead atoms. The van der Waals surface area contributed by atoms with Gasteiger partial charge in [-0.15, -0.1) is 0 Å². The highest BCUT2D eigenvalue weighted by Crippen LogP contribution is 2.23. The topological polar surface area (TPSA) is 51.5 Å². The largest absolute Gasteiger partial charge is 0.496 e. The lowest BCUT2D eigenvalue weighted by molar-refractivity contribution is 0.0996. The van der Waals surface area contributed by atoms with Crippen molar-refractivity contribution >= 4 is 11.6 Å². The minimum absolute atomic E-state index is 0.257. The maximum Gasteiger partial charge on any atom is 0.291 e. The van der Waals surface area contributed by atoms with Gasteiger partial charge in [0.1, 0.15) is 5.75 Å². The second kappa shape index (κ2) is 5.40. The van der Waals surface area contributed by atoms with E-state index in [0.717, 1.165) is 23.4 Å². The number of methoxy groups -OCH3 is 1. The van der Waals surface area contributed by atoms with Crippen LogP contribution in [-0.2, 0) is 6.42 Å². The number of furan rings is 1. The molecule has 1 aromatic heterocycles. The Labute approximate surface area is 106 Å². The molecule has 0 fully saturated rings. The number of nitrogens with one attached hydrogen (secondary N) is 1.